The van der Waals surface area contributed by atoms with Crippen molar-refractivity contribution in [3.63, 3.8) is 0 Å². The molecule has 1 aromatic heterocycles. The lowest BCUT2D eigenvalue weighted by Crippen LogP contribution is -2.40. The molecule has 2 aromatic rings. The number of nitrogens with zero attached hydrogens (tertiary/aromatic N) is 2. The van der Waals surface area contributed by atoms with E-state index in [0.717, 1.165) is 4.88 Å². The van der Waals surface area contributed by atoms with Gasteiger partial charge in [0, 0.05) is 23.5 Å². The summed E-state index contributed by atoms with van der Waals surface area (Å²) >= 11 is 1.52. The van der Waals surface area contributed by atoms with E-state index in [2.05, 4.69) is 10.5 Å². The Morgan fingerprint density at radius 3 is 2.69 bits per heavy atom. The normalized spacial score (nSPS) is 16.4. The van der Waals surface area contributed by atoms with Gasteiger partial charge in [0.25, 0.3) is 5.91 Å². The number of carbonyl (C=O) groups excluding carboxylic acids is 1. The van der Waals surface area contributed by atoms with Gasteiger partial charge in [-0.25, -0.2) is 13.8 Å². The zero-order chi connectivity index (χ0) is 18.6. The molecule has 0 atom stereocenters. The number of thiophene rings is 1. The molecule has 1 aliphatic rings. The van der Waals surface area contributed by atoms with Crippen LogP contribution in [0.2, 0.25) is 0 Å². The van der Waals surface area contributed by atoms with Gasteiger partial charge in [-0.05, 0) is 36.6 Å². The minimum atomic E-state index is -3.65. The molecule has 7 nitrogen and oxygen atoms in total. The van der Waals surface area contributed by atoms with Crippen LogP contribution < -0.4 is 5.43 Å². The second kappa shape index (κ2) is 8.09. The maximum absolute atomic E-state index is 12.7. The Kier molecular flexibility index (Phi) is 5.82. The van der Waals surface area contributed by atoms with Gasteiger partial charge in [0.1, 0.15) is 0 Å². The topological polar surface area (TPSA) is 88.1 Å². The van der Waals surface area contributed by atoms with E-state index in [-0.39, 0.29) is 10.5 Å². The van der Waals surface area contributed by atoms with Gasteiger partial charge in [-0.15, -0.1) is 11.3 Å². The number of amides is 1. The summed E-state index contributed by atoms with van der Waals surface area (Å²) in [6.45, 7) is 3.16. The number of benzene rings is 1. The fourth-order valence-electron chi connectivity index (χ4n) is 2.47. The van der Waals surface area contributed by atoms with Gasteiger partial charge in [0.2, 0.25) is 10.0 Å². The average Bonchev–Trinajstić information content (AvgIpc) is 3.21. The summed E-state index contributed by atoms with van der Waals surface area (Å²) in [4.78, 5) is 13.4. The average molecular weight is 393 g/mol. The predicted octanol–water partition coefficient (Wildman–Crippen LogP) is 1.92. The van der Waals surface area contributed by atoms with Gasteiger partial charge in [0.15, 0.2) is 0 Å². The molecule has 0 spiro atoms. The Morgan fingerprint density at radius 1 is 1.23 bits per heavy atom. The summed E-state index contributed by atoms with van der Waals surface area (Å²) in [5, 5.41) is 6.00. The highest BCUT2D eigenvalue weighted by molar-refractivity contribution is 7.89. The van der Waals surface area contributed by atoms with Gasteiger partial charge >= 0.3 is 0 Å². The van der Waals surface area contributed by atoms with E-state index in [1.165, 1.54) is 27.8 Å². The number of hydrogen-bond acceptors (Lipinski definition) is 6. The Hall–Kier alpha value is -2.07. The smallest absolute Gasteiger partial charge is 0.271 e. The van der Waals surface area contributed by atoms with Crippen LogP contribution >= 0.6 is 11.3 Å². The lowest BCUT2D eigenvalue weighted by Gasteiger charge is -2.26. The molecule has 138 valence electrons. The Morgan fingerprint density at radius 2 is 2.00 bits per heavy atom. The molecular weight excluding hydrogens is 374 g/mol. The third-order valence-corrected chi connectivity index (χ3v) is 6.78. The first kappa shape index (κ1) is 18.7. The van der Waals surface area contributed by atoms with Crippen LogP contribution in [0.4, 0.5) is 0 Å². The summed E-state index contributed by atoms with van der Waals surface area (Å²) in [7, 11) is -3.65. The van der Waals surface area contributed by atoms with Gasteiger partial charge in [-0.3, -0.25) is 4.79 Å². The van der Waals surface area contributed by atoms with Crippen LogP contribution in [0, 0.1) is 0 Å². The Bertz CT molecular complexity index is 902. The molecule has 1 amide bonds. The number of nitrogens with one attached hydrogen (secondary N) is 1. The summed E-state index contributed by atoms with van der Waals surface area (Å²) in [6.07, 6.45) is 0. The lowest BCUT2D eigenvalue weighted by molar-refractivity contribution is 0.0730. The minimum Gasteiger partial charge on any atom is -0.379 e. The number of rotatable bonds is 5. The molecule has 1 aliphatic heterocycles. The van der Waals surface area contributed by atoms with E-state index >= 15 is 0 Å². The molecule has 2 heterocycles. The van der Waals surface area contributed by atoms with Crippen molar-refractivity contribution in [2.24, 2.45) is 5.10 Å². The van der Waals surface area contributed by atoms with Gasteiger partial charge in [-0.1, -0.05) is 12.1 Å². The van der Waals surface area contributed by atoms with Crippen molar-refractivity contribution >= 4 is 33.0 Å². The number of ether oxygens (including phenoxy) is 1. The molecule has 0 aliphatic carbocycles. The minimum absolute atomic E-state index is 0.0889. The highest BCUT2D eigenvalue weighted by Crippen LogP contribution is 2.18. The molecule has 1 N–H and O–H groups in total. The maximum Gasteiger partial charge on any atom is 0.271 e. The van der Waals surface area contributed by atoms with Crippen molar-refractivity contribution in [1.82, 2.24) is 9.73 Å². The summed E-state index contributed by atoms with van der Waals surface area (Å²) in [5.74, 6) is -0.458. The van der Waals surface area contributed by atoms with Crippen molar-refractivity contribution in [1.29, 1.82) is 0 Å². The molecule has 0 radical (unpaired) electrons. The van der Waals surface area contributed by atoms with Crippen LogP contribution in [0.5, 0.6) is 0 Å². The van der Waals surface area contributed by atoms with Crippen LogP contribution in [0.3, 0.4) is 0 Å². The van der Waals surface area contributed by atoms with Crippen LogP contribution in [-0.2, 0) is 14.8 Å². The zero-order valence-electron chi connectivity index (χ0n) is 14.2. The zero-order valence-corrected chi connectivity index (χ0v) is 15.8. The molecule has 0 bridgehead atoms. The first-order valence-corrected chi connectivity index (χ1v) is 10.4. The van der Waals surface area contributed by atoms with Gasteiger partial charge in [-0.2, -0.15) is 9.41 Å². The standard InChI is InChI=1S/C17H19N3O4S2/c1-13(16-6-3-11-25-16)18-19-17(21)14-4-2-5-15(12-14)26(22,23)20-7-9-24-10-8-20/h2-6,11-12H,7-10H2,1H3,(H,19,21)/b18-13-. The number of morpholine rings is 1. The third kappa shape index (κ3) is 4.18. The van der Waals surface area contributed by atoms with Crippen molar-refractivity contribution < 1.29 is 17.9 Å². The van der Waals surface area contributed by atoms with E-state index < -0.39 is 15.9 Å². The maximum atomic E-state index is 12.7. The summed E-state index contributed by atoms with van der Waals surface area (Å²) in [5.41, 5.74) is 3.40. The van der Waals surface area contributed by atoms with E-state index in [0.29, 0.717) is 32.0 Å². The largest absolute Gasteiger partial charge is 0.379 e. The molecular formula is C17H19N3O4S2. The number of hydrazone groups is 1. The Labute approximate surface area is 156 Å². The molecule has 1 fully saturated rings. The monoisotopic (exact) mass is 393 g/mol. The van der Waals surface area contributed by atoms with Gasteiger partial charge in [0.05, 0.1) is 23.8 Å². The first-order valence-electron chi connectivity index (χ1n) is 8.05. The van der Waals surface area contributed by atoms with Crippen molar-refractivity contribution in [2.45, 2.75) is 11.8 Å². The van der Waals surface area contributed by atoms with E-state index in [4.69, 9.17) is 4.74 Å². The van der Waals surface area contributed by atoms with Crippen LogP contribution in [-0.4, -0.2) is 50.6 Å². The molecule has 3 rings (SSSR count). The molecule has 1 saturated heterocycles. The second-order valence-electron chi connectivity index (χ2n) is 5.66. The fourth-order valence-corrected chi connectivity index (χ4v) is 4.60. The van der Waals surface area contributed by atoms with Gasteiger partial charge < -0.3 is 4.74 Å². The van der Waals surface area contributed by atoms with E-state index in [9.17, 15) is 13.2 Å². The summed E-state index contributed by atoms with van der Waals surface area (Å²) < 4.78 is 32.0. The van der Waals surface area contributed by atoms with Crippen molar-refractivity contribution in [2.75, 3.05) is 26.3 Å². The predicted molar refractivity (Wildman–Crippen MR) is 100 cm³/mol. The Balaban J connectivity index is 1.76. The molecule has 0 unspecified atom stereocenters. The van der Waals surface area contributed by atoms with Crippen LogP contribution in [0.1, 0.15) is 22.2 Å². The van der Waals surface area contributed by atoms with Crippen LogP contribution in [0.25, 0.3) is 0 Å². The quantitative estimate of drug-likeness (QED) is 0.621. The highest BCUT2D eigenvalue weighted by Gasteiger charge is 2.26. The number of hydrogen-bond donors (Lipinski definition) is 1. The van der Waals surface area contributed by atoms with Crippen LogP contribution in [0.15, 0.2) is 51.8 Å². The second-order valence-corrected chi connectivity index (χ2v) is 8.55. The van der Waals surface area contributed by atoms with Crippen molar-refractivity contribution in [3.8, 4) is 0 Å². The highest BCUT2D eigenvalue weighted by atomic mass is 32.2. The molecule has 9 heteroatoms. The lowest BCUT2D eigenvalue weighted by atomic mass is 10.2. The number of carbonyl (C=O) groups is 1. The van der Waals surface area contributed by atoms with E-state index in [1.807, 2.05) is 17.5 Å². The molecule has 1 aromatic carbocycles. The summed E-state index contributed by atoms with van der Waals surface area (Å²) in [6, 6.07) is 9.78. The first-order chi connectivity index (χ1) is 12.5. The van der Waals surface area contributed by atoms with E-state index in [1.54, 1.807) is 19.1 Å². The SMILES string of the molecule is C/C(=N/NC(=O)c1cccc(S(=O)(=O)N2CCOCC2)c1)c1cccs1. The third-order valence-electron chi connectivity index (χ3n) is 3.91. The fraction of sp³-hybridized carbons (Fsp3) is 0.294. The number of sulfonamides is 1. The molecule has 0 saturated carbocycles. The molecule has 26 heavy (non-hydrogen) atoms. The van der Waals surface area contributed by atoms with Crippen molar-refractivity contribution in [3.05, 3.63) is 52.2 Å².